The minimum atomic E-state index is -0.473. The predicted octanol–water partition coefficient (Wildman–Crippen LogP) is 1.02. The second kappa shape index (κ2) is 8.47. The van der Waals surface area contributed by atoms with E-state index in [2.05, 4.69) is 4.90 Å². The van der Waals surface area contributed by atoms with Crippen molar-refractivity contribution in [3.05, 3.63) is 0 Å². The van der Waals surface area contributed by atoms with E-state index >= 15 is 0 Å². The lowest BCUT2D eigenvalue weighted by atomic mass is 10.3. The van der Waals surface area contributed by atoms with Gasteiger partial charge in [-0.25, -0.2) is 0 Å². The molecule has 0 radical (unpaired) electrons. The van der Waals surface area contributed by atoms with Crippen LogP contribution in [0.25, 0.3) is 0 Å². The van der Waals surface area contributed by atoms with E-state index in [-0.39, 0.29) is 11.8 Å². The lowest BCUT2D eigenvalue weighted by Gasteiger charge is -2.25. The third-order valence-electron chi connectivity index (χ3n) is 3.72. The van der Waals surface area contributed by atoms with Gasteiger partial charge < -0.3 is 9.80 Å². The van der Waals surface area contributed by atoms with Gasteiger partial charge in [0.05, 0.1) is 6.54 Å². The highest BCUT2D eigenvalue weighted by atomic mass is 35.5. The first-order chi connectivity index (χ1) is 9.49. The van der Waals surface area contributed by atoms with Gasteiger partial charge >= 0.3 is 0 Å². The molecule has 0 aromatic heterocycles. The number of hydrogen-bond acceptors (Lipinski definition) is 3. The van der Waals surface area contributed by atoms with Gasteiger partial charge in [0.25, 0.3) is 0 Å². The van der Waals surface area contributed by atoms with Gasteiger partial charge in [-0.3, -0.25) is 14.5 Å². The number of halogens is 1. The monoisotopic (exact) mass is 303 g/mol. The summed E-state index contributed by atoms with van der Waals surface area (Å²) in [5.74, 6) is 0.157. The van der Waals surface area contributed by atoms with Crippen LogP contribution in [0.3, 0.4) is 0 Å². The molecule has 1 fully saturated rings. The Morgan fingerprint density at radius 2 is 1.80 bits per heavy atom. The fraction of sp³-hybridized carbons (Fsp3) is 0.857. The smallest absolute Gasteiger partial charge is 0.240 e. The van der Waals surface area contributed by atoms with Crippen LogP contribution in [0.15, 0.2) is 0 Å². The van der Waals surface area contributed by atoms with Crippen LogP contribution >= 0.6 is 11.6 Å². The summed E-state index contributed by atoms with van der Waals surface area (Å²) in [6, 6.07) is 0. The first kappa shape index (κ1) is 17.2. The van der Waals surface area contributed by atoms with E-state index in [4.69, 9.17) is 11.6 Å². The number of likely N-dealkylation sites (N-methyl/N-ethyl adjacent to an activating group) is 1. The minimum absolute atomic E-state index is 0.0106. The van der Waals surface area contributed by atoms with E-state index in [1.54, 1.807) is 11.8 Å². The molecule has 6 heteroatoms. The predicted molar refractivity (Wildman–Crippen MR) is 80.9 cm³/mol. The van der Waals surface area contributed by atoms with Crippen LogP contribution in [0.1, 0.15) is 27.2 Å². The molecular formula is C14H26ClN3O2. The average molecular weight is 304 g/mol. The van der Waals surface area contributed by atoms with Crippen LogP contribution in [-0.4, -0.2) is 77.7 Å². The summed E-state index contributed by atoms with van der Waals surface area (Å²) >= 11 is 5.85. The molecule has 0 aliphatic carbocycles. The molecule has 0 aromatic carbocycles. The zero-order chi connectivity index (χ0) is 15.1. The van der Waals surface area contributed by atoms with Crippen LogP contribution in [0.2, 0.25) is 0 Å². The molecule has 20 heavy (non-hydrogen) atoms. The molecule has 1 aliphatic heterocycles. The number of amides is 2. The molecule has 1 saturated heterocycles. The van der Waals surface area contributed by atoms with Gasteiger partial charge in [0.15, 0.2) is 0 Å². The van der Waals surface area contributed by atoms with Crippen LogP contribution in [0.4, 0.5) is 0 Å². The molecule has 2 amide bonds. The van der Waals surface area contributed by atoms with Gasteiger partial charge in [-0.2, -0.15) is 0 Å². The van der Waals surface area contributed by atoms with E-state index in [1.165, 1.54) is 0 Å². The second-order valence-electron chi connectivity index (χ2n) is 5.14. The molecule has 1 atom stereocenters. The van der Waals surface area contributed by atoms with Gasteiger partial charge in [0.1, 0.15) is 5.38 Å². The van der Waals surface area contributed by atoms with Crippen molar-refractivity contribution in [1.82, 2.24) is 14.7 Å². The highest BCUT2D eigenvalue weighted by Gasteiger charge is 2.23. The second-order valence-corrected chi connectivity index (χ2v) is 5.79. The maximum absolute atomic E-state index is 12.1. The van der Waals surface area contributed by atoms with E-state index in [9.17, 15) is 9.59 Å². The topological polar surface area (TPSA) is 43.9 Å². The Hall–Kier alpha value is -0.810. The Bertz CT molecular complexity index is 332. The molecule has 0 spiro atoms. The van der Waals surface area contributed by atoms with E-state index in [0.717, 1.165) is 39.1 Å². The number of rotatable bonds is 5. The third kappa shape index (κ3) is 4.94. The number of hydrogen-bond donors (Lipinski definition) is 0. The molecule has 1 heterocycles. The molecule has 0 saturated carbocycles. The Kier molecular flexibility index (Phi) is 7.30. The van der Waals surface area contributed by atoms with Gasteiger partial charge in [0, 0.05) is 39.3 Å². The fourth-order valence-corrected chi connectivity index (χ4v) is 2.61. The molecule has 0 N–H and O–H groups in total. The van der Waals surface area contributed by atoms with Gasteiger partial charge in [0.2, 0.25) is 11.8 Å². The zero-order valence-electron chi connectivity index (χ0n) is 12.8. The van der Waals surface area contributed by atoms with Crippen molar-refractivity contribution < 1.29 is 9.59 Å². The normalized spacial score (nSPS) is 18.5. The van der Waals surface area contributed by atoms with Crippen molar-refractivity contribution >= 4 is 23.4 Å². The lowest BCUT2D eigenvalue weighted by Crippen LogP contribution is -2.42. The third-order valence-corrected chi connectivity index (χ3v) is 3.90. The van der Waals surface area contributed by atoms with Crippen molar-refractivity contribution in [2.75, 3.05) is 45.8 Å². The maximum atomic E-state index is 12.1. The fourth-order valence-electron chi connectivity index (χ4n) is 2.47. The molecule has 1 unspecified atom stereocenters. The summed E-state index contributed by atoms with van der Waals surface area (Å²) in [5, 5.41) is -0.473. The van der Waals surface area contributed by atoms with Crippen molar-refractivity contribution in [1.29, 1.82) is 0 Å². The Balaban J connectivity index is 2.48. The van der Waals surface area contributed by atoms with Crippen molar-refractivity contribution in [3.8, 4) is 0 Å². The summed E-state index contributed by atoms with van der Waals surface area (Å²) in [6.45, 7) is 10.6. The lowest BCUT2D eigenvalue weighted by molar-refractivity contribution is -0.132. The summed E-state index contributed by atoms with van der Waals surface area (Å²) in [6.07, 6.45) is 0.890. The maximum Gasteiger partial charge on any atom is 0.240 e. The van der Waals surface area contributed by atoms with E-state index in [1.807, 2.05) is 18.7 Å². The average Bonchev–Trinajstić information content (AvgIpc) is 2.64. The van der Waals surface area contributed by atoms with E-state index < -0.39 is 5.38 Å². The Labute approximate surface area is 126 Å². The van der Waals surface area contributed by atoms with Crippen molar-refractivity contribution in [2.45, 2.75) is 32.6 Å². The first-order valence-corrected chi connectivity index (χ1v) is 7.86. The van der Waals surface area contributed by atoms with Crippen molar-refractivity contribution in [2.24, 2.45) is 0 Å². The highest BCUT2D eigenvalue weighted by molar-refractivity contribution is 6.30. The van der Waals surface area contributed by atoms with Crippen LogP contribution in [-0.2, 0) is 9.59 Å². The minimum Gasteiger partial charge on any atom is -0.342 e. The number of carbonyl (C=O) groups excluding carboxylic acids is 2. The first-order valence-electron chi connectivity index (χ1n) is 7.42. The van der Waals surface area contributed by atoms with Crippen LogP contribution in [0.5, 0.6) is 0 Å². The molecule has 1 aliphatic rings. The molecule has 1 rings (SSSR count). The SMILES string of the molecule is CCN(CC)C(=O)CN1CCCN(C(=O)C(C)Cl)CC1. The summed E-state index contributed by atoms with van der Waals surface area (Å²) in [7, 11) is 0. The quantitative estimate of drug-likeness (QED) is 0.712. The molecule has 0 aromatic rings. The largest absolute Gasteiger partial charge is 0.342 e. The molecule has 116 valence electrons. The van der Waals surface area contributed by atoms with Crippen molar-refractivity contribution in [3.63, 3.8) is 0 Å². The number of alkyl halides is 1. The molecular weight excluding hydrogens is 278 g/mol. The standard InChI is InChI=1S/C14H26ClN3O2/c1-4-17(5-2)13(19)11-16-7-6-8-18(10-9-16)14(20)12(3)15/h12H,4-11H2,1-3H3. The van der Waals surface area contributed by atoms with Gasteiger partial charge in [-0.05, 0) is 27.2 Å². The summed E-state index contributed by atoms with van der Waals surface area (Å²) in [5.41, 5.74) is 0. The number of nitrogens with zero attached hydrogens (tertiary/aromatic N) is 3. The van der Waals surface area contributed by atoms with Gasteiger partial charge in [-0.15, -0.1) is 11.6 Å². The van der Waals surface area contributed by atoms with Crippen LogP contribution < -0.4 is 0 Å². The molecule has 0 bridgehead atoms. The zero-order valence-corrected chi connectivity index (χ0v) is 13.5. The highest BCUT2D eigenvalue weighted by Crippen LogP contribution is 2.08. The van der Waals surface area contributed by atoms with E-state index in [0.29, 0.717) is 13.1 Å². The summed E-state index contributed by atoms with van der Waals surface area (Å²) < 4.78 is 0. The summed E-state index contributed by atoms with van der Waals surface area (Å²) in [4.78, 5) is 29.8. The van der Waals surface area contributed by atoms with Crippen LogP contribution in [0, 0.1) is 0 Å². The van der Waals surface area contributed by atoms with Gasteiger partial charge in [-0.1, -0.05) is 0 Å². The Morgan fingerprint density at radius 3 is 2.35 bits per heavy atom. The number of carbonyl (C=O) groups is 2. The Morgan fingerprint density at radius 1 is 1.15 bits per heavy atom. The molecule has 5 nitrogen and oxygen atoms in total.